The lowest BCUT2D eigenvalue weighted by Gasteiger charge is -2.22. The second kappa shape index (κ2) is 4.46. The lowest BCUT2D eigenvalue weighted by molar-refractivity contribution is 0.518. The van der Waals surface area contributed by atoms with Crippen LogP contribution in [0.25, 0.3) is 0 Å². The van der Waals surface area contributed by atoms with Crippen molar-refractivity contribution in [3.63, 3.8) is 0 Å². The molecular weight excluding hydrogens is 282 g/mol. The molecule has 15 heavy (non-hydrogen) atoms. The minimum atomic E-state index is -3.45. The summed E-state index contributed by atoms with van der Waals surface area (Å²) in [4.78, 5) is 4.00. The van der Waals surface area contributed by atoms with Crippen molar-refractivity contribution in [2.75, 3.05) is 25.4 Å². The van der Waals surface area contributed by atoms with Gasteiger partial charge in [-0.15, -0.1) is 0 Å². The van der Waals surface area contributed by atoms with Crippen LogP contribution >= 0.6 is 15.9 Å². The second-order valence-corrected chi connectivity index (χ2v) is 6.18. The van der Waals surface area contributed by atoms with Gasteiger partial charge in [0.1, 0.15) is 5.82 Å². The maximum Gasteiger partial charge on any atom is 0.304 e. The Bertz CT molecular complexity index is 430. The summed E-state index contributed by atoms with van der Waals surface area (Å²) in [5, 5.41) is 0. The van der Waals surface area contributed by atoms with Gasteiger partial charge in [-0.3, -0.25) is 0 Å². The van der Waals surface area contributed by atoms with E-state index in [1.54, 1.807) is 18.3 Å². The van der Waals surface area contributed by atoms with Crippen LogP contribution < -0.4 is 4.31 Å². The Labute approximate surface area is 98.0 Å². The molecular formula is C8H12BrN3O2S. The summed E-state index contributed by atoms with van der Waals surface area (Å²) >= 11 is 3.23. The lowest BCUT2D eigenvalue weighted by Crippen LogP contribution is -2.37. The topological polar surface area (TPSA) is 53.5 Å². The van der Waals surface area contributed by atoms with Gasteiger partial charge in [0.05, 0.1) is 0 Å². The number of nitrogens with zero attached hydrogens (tertiary/aromatic N) is 3. The van der Waals surface area contributed by atoms with Crippen LogP contribution in [0.2, 0.25) is 0 Å². The molecule has 1 rings (SSSR count). The third-order valence-electron chi connectivity index (χ3n) is 1.84. The van der Waals surface area contributed by atoms with Gasteiger partial charge in [0.15, 0.2) is 0 Å². The highest BCUT2D eigenvalue weighted by Crippen LogP contribution is 2.16. The van der Waals surface area contributed by atoms with Crippen LogP contribution in [-0.2, 0) is 10.2 Å². The summed E-state index contributed by atoms with van der Waals surface area (Å²) < 4.78 is 26.5. The Morgan fingerprint density at radius 2 is 1.87 bits per heavy atom. The zero-order valence-corrected chi connectivity index (χ0v) is 11.1. The molecule has 0 unspecified atom stereocenters. The number of hydrogen-bond acceptors (Lipinski definition) is 3. The summed E-state index contributed by atoms with van der Waals surface area (Å²) in [6, 6.07) is 3.37. The highest BCUT2D eigenvalue weighted by Gasteiger charge is 2.21. The highest BCUT2D eigenvalue weighted by atomic mass is 79.9. The summed E-state index contributed by atoms with van der Waals surface area (Å²) in [5.41, 5.74) is 0. The molecule has 0 aliphatic heterocycles. The normalized spacial score (nSPS) is 11.8. The van der Waals surface area contributed by atoms with E-state index in [1.165, 1.54) is 21.1 Å². The number of pyridine rings is 1. The van der Waals surface area contributed by atoms with Crippen LogP contribution in [0.15, 0.2) is 22.8 Å². The average molecular weight is 294 g/mol. The molecule has 0 atom stereocenters. The molecule has 1 aromatic rings. The summed E-state index contributed by atoms with van der Waals surface area (Å²) in [6.07, 6.45) is 1.55. The first-order valence-electron chi connectivity index (χ1n) is 4.13. The van der Waals surface area contributed by atoms with Crippen molar-refractivity contribution in [3.05, 3.63) is 22.8 Å². The second-order valence-electron chi connectivity index (χ2n) is 3.09. The highest BCUT2D eigenvalue weighted by molar-refractivity contribution is 9.10. The Balaban J connectivity index is 3.05. The maximum absolute atomic E-state index is 11.7. The van der Waals surface area contributed by atoms with Crippen LogP contribution in [0, 0.1) is 0 Å². The zero-order chi connectivity index (χ0) is 11.6. The monoisotopic (exact) mass is 293 g/mol. The summed E-state index contributed by atoms with van der Waals surface area (Å²) in [5.74, 6) is 0.381. The Morgan fingerprint density at radius 1 is 1.27 bits per heavy atom. The van der Waals surface area contributed by atoms with Gasteiger partial charge in [-0.2, -0.15) is 12.7 Å². The Kier molecular flexibility index (Phi) is 3.69. The molecule has 0 aliphatic rings. The zero-order valence-electron chi connectivity index (χ0n) is 8.68. The molecule has 7 heteroatoms. The van der Waals surface area contributed by atoms with Crippen molar-refractivity contribution in [2.45, 2.75) is 0 Å². The average Bonchev–Trinajstić information content (AvgIpc) is 2.17. The van der Waals surface area contributed by atoms with E-state index in [0.717, 1.165) is 13.1 Å². The van der Waals surface area contributed by atoms with Gasteiger partial charge in [0.25, 0.3) is 0 Å². The first-order valence-corrected chi connectivity index (χ1v) is 6.32. The lowest BCUT2D eigenvalue weighted by atomic mass is 10.5. The van der Waals surface area contributed by atoms with Crippen molar-refractivity contribution in [2.24, 2.45) is 0 Å². The standard InChI is InChI=1S/C8H12BrN3O2S/c1-11(2)15(13,14)12(3)8-5-4-7(9)6-10-8/h4-6H,1-3H3. The van der Waals surface area contributed by atoms with Crippen molar-refractivity contribution in [3.8, 4) is 0 Å². The molecule has 0 aliphatic carbocycles. The quantitative estimate of drug-likeness (QED) is 0.838. The van der Waals surface area contributed by atoms with E-state index in [1.807, 2.05) is 0 Å². The molecule has 0 spiro atoms. The third-order valence-corrected chi connectivity index (χ3v) is 4.11. The predicted octanol–water partition coefficient (Wildman–Crippen LogP) is 1.09. The fraction of sp³-hybridized carbons (Fsp3) is 0.375. The summed E-state index contributed by atoms with van der Waals surface area (Å²) in [6.45, 7) is 0. The van der Waals surface area contributed by atoms with Gasteiger partial charge >= 0.3 is 10.2 Å². The van der Waals surface area contributed by atoms with E-state index in [-0.39, 0.29) is 0 Å². The van der Waals surface area contributed by atoms with E-state index in [2.05, 4.69) is 20.9 Å². The van der Waals surface area contributed by atoms with Crippen LogP contribution in [0.3, 0.4) is 0 Å². The molecule has 1 aromatic heterocycles. The van der Waals surface area contributed by atoms with E-state index < -0.39 is 10.2 Å². The van der Waals surface area contributed by atoms with Crippen molar-refractivity contribution >= 4 is 32.0 Å². The third kappa shape index (κ3) is 2.67. The maximum atomic E-state index is 11.7. The number of hydrogen-bond donors (Lipinski definition) is 0. The molecule has 0 amide bonds. The number of anilines is 1. The molecule has 84 valence electrons. The fourth-order valence-electron chi connectivity index (χ4n) is 0.917. The first-order chi connectivity index (χ1) is 6.85. The van der Waals surface area contributed by atoms with E-state index in [9.17, 15) is 8.42 Å². The van der Waals surface area contributed by atoms with Gasteiger partial charge in [0, 0.05) is 31.8 Å². The van der Waals surface area contributed by atoms with Crippen molar-refractivity contribution in [1.82, 2.24) is 9.29 Å². The summed E-state index contributed by atoms with van der Waals surface area (Å²) in [7, 11) is 0.964. The Hall–Kier alpha value is -0.660. The van der Waals surface area contributed by atoms with Gasteiger partial charge in [-0.05, 0) is 28.1 Å². The molecule has 0 N–H and O–H groups in total. The van der Waals surface area contributed by atoms with Crippen LogP contribution in [-0.4, -0.2) is 38.9 Å². The van der Waals surface area contributed by atoms with Gasteiger partial charge < -0.3 is 0 Å². The SMILES string of the molecule is CN(C)S(=O)(=O)N(C)c1ccc(Br)cn1. The molecule has 1 heterocycles. The van der Waals surface area contributed by atoms with Gasteiger partial charge in [-0.25, -0.2) is 9.29 Å². The molecule has 5 nitrogen and oxygen atoms in total. The van der Waals surface area contributed by atoms with E-state index >= 15 is 0 Å². The van der Waals surface area contributed by atoms with Crippen LogP contribution in [0.1, 0.15) is 0 Å². The Morgan fingerprint density at radius 3 is 2.27 bits per heavy atom. The molecule has 0 fully saturated rings. The number of rotatable bonds is 3. The fourth-order valence-corrected chi connectivity index (χ4v) is 1.99. The molecule has 0 saturated carbocycles. The molecule has 0 saturated heterocycles. The minimum Gasteiger partial charge on any atom is -0.244 e. The molecule has 0 radical (unpaired) electrons. The minimum absolute atomic E-state index is 0.381. The van der Waals surface area contributed by atoms with Crippen molar-refractivity contribution in [1.29, 1.82) is 0 Å². The van der Waals surface area contributed by atoms with Crippen LogP contribution in [0.5, 0.6) is 0 Å². The first kappa shape index (κ1) is 12.4. The van der Waals surface area contributed by atoms with E-state index in [0.29, 0.717) is 5.82 Å². The van der Waals surface area contributed by atoms with Gasteiger partial charge in [0.2, 0.25) is 0 Å². The molecule has 0 aromatic carbocycles. The largest absolute Gasteiger partial charge is 0.304 e. The van der Waals surface area contributed by atoms with Crippen molar-refractivity contribution < 1.29 is 8.42 Å². The smallest absolute Gasteiger partial charge is 0.244 e. The van der Waals surface area contributed by atoms with Gasteiger partial charge in [-0.1, -0.05) is 0 Å². The van der Waals surface area contributed by atoms with Crippen LogP contribution in [0.4, 0.5) is 5.82 Å². The predicted molar refractivity (Wildman–Crippen MR) is 62.9 cm³/mol. The van der Waals surface area contributed by atoms with E-state index in [4.69, 9.17) is 0 Å². The molecule has 0 bridgehead atoms. The number of aromatic nitrogens is 1. The number of halogens is 1.